The molecule has 96 valence electrons. The molecule has 1 saturated heterocycles. The zero-order chi connectivity index (χ0) is 12.7. The zero-order valence-electron chi connectivity index (χ0n) is 10.9. The highest BCUT2D eigenvalue weighted by atomic mass is 16.6. The van der Waals surface area contributed by atoms with Crippen LogP contribution in [0.15, 0.2) is 0 Å². The standard InChI is InChI=1S/C13H21NO3/c1-12(2,3)17-11(16)14-8-10(15)7-13(9-14)5-4-6-13/h4-9H2,1-3H3. The Hall–Kier alpha value is -1.06. The van der Waals surface area contributed by atoms with Crippen LogP contribution in [0.1, 0.15) is 46.5 Å². The first-order valence-electron chi connectivity index (χ1n) is 6.29. The van der Waals surface area contributed by atoms with Gasteiger partial charge in [0.1, 0.15) is 5.60 Å². The third-order valence-electron chi connectivity index (χ3n) is 3.53. The smallest absolute Gasteiger partial charge is 0.410 e. The molecule has 2 aliphatic rings. The molecule has 1 aliphatic heterocycles. The first-order chi connectivity index (χ1) is 7.80. The largest absolute Gasteiger partial charge is 0.444 e. The molecule has 1 spiro atoms. The van der Waals surface area contributed by atoms with Crippen LogP contribution < -0.4 is 0 Å². The number of rotatable bonds is 0. The molecule has 4 heteroatoms. The van der Waals surface area contributed by atoms with Crippen LogP contribution in [-0.2, 0) is 9.53 Å². The van der Waals surface area contributed by atoms with E-state index in [1.807, 2.05) is 20.8 Å². The molecule has 1 heterocycles. The van der Waals surface area contributed by atoms with Crippen molar-refractivity contribution in [3.8, 4) is 0 Å². The number of hydrogen-bond acceptors (Lipinski definition) is 3. The van der Waals surface area contributed by atoms with E-state index < -0.39 is 5.60 Å². The minimum absolute atomic E-state index is 0.0756. The van der Waals surface area contributed by atoms with Crippen molar-refractivity contribution in [3.05, 3.63) is 0 Å². The van der Waals surface area contributed by atoms with E-state index in [1.165, 1.54) is 6.42 Å². The van der Waals surface area contributed by atoms with Gasteiger partial charge in [-0.25, -0.2) is 4.79 Å². The second-order valence-corrected chi connectivity index (χ2v) is 6.41. The van der Waals surface area contributed by atoms with Gasteiger partial charge in [-0.2, -0.15) is 0 Å². The molecule has 0 aromatic carbocycles. The topological polar surface area (TPSA) is 46.6 Å². The Morgan fingerprint density at radius 1 is 1.35 bits per heavy atom. The van der Waals surface area contributed by atoms with E-state index in [0.29, 0.717) is 13.0 Å². The van der Waals surface area contributed by atoms with Gasteiger partial charge in [-0.1, -0.05) is 6.42 Å². The summed E-state index contributed by atoms with van der Waals surface area (Å²) < 4.78 is 5.32. The van der Waals surface area contributed by atoms with Crippen molar-refractivity contribution in [1.82, 2.24) is 4.90 Å². The average molecular weight is 239 g/mol. The third kappa shape index (κ3) is 2.79. The maximum atomic E-state index is 11.9. The molecular formula is C13H21NO3. The summed E-state index contributed by atoms with van der Waals surface area (Å²) in [6.45, 7) is 6.44. The fraction of sp³-hybridized carbons (Fsp3) is 0.846. The van der Waals surface area contributed by atoms with Crippen LogP contribution in [0.5, 0.6) is 0 Å². The Morgan fingerprint density at radius 2 is 2.00 bits per heavy atom. The minimum atomic E-state index is -0.496. The molecule has 1 aliphatic carbocycles. The zero-order valence-corrected chi connectivity index (χ0v) is 10.9. The fourth-order valence-electron chi connectivity index (χ4n) is 2.67. The Balaban J connectivity index is 2.00. The number of likely N-dealkylation sites (tertiary alicyclic amines) is 1. The van der Waals surface area contributed by atoms with Gasteiger partial charge in [0.25, 0.3) is 0 Å². The van der Waals surface area contributed by atoms with E-state index in [4.69, 9.17) is 4.74 Å². The van der Waals surface area contributed by atoms with Gasteiger partial charge in [0, 0.05) is 13.0 Å². The lowest BCUT2D eigenvalue weighted by molar-refractivity contribution is -0.129. The first-order valence-corrected chi connectivity index (χ1v) is 6.29. The van der Waals surface area contributed by atoms with Crippen molar-refractivity contribution in [2.75, 3.05) is 13.1 Å². The van der Waals surface area contributed by atoms with Crippen molar-refractivity contribution in [2.24, 2.45) is 5.41 Å². The van der Waals surface area contributed by atoms with E-state index in [2.05, 4.69) is 0 Å². The van der Waals surface area contributed by atoms with Gasteiger partial charge in [0.15, 0.2) is 5.78 Å². The van der Waals surface area contributed by atoms with Gasteiger partial charge in [0.05, 0.1) is 6.54 Å². The summed E-state index contributed by atoms with van der Waals surface area (Å²) in [5, 5.41) is 0. The number of carbonyl (C=O) groups is 2. The lowest BCUT2D eigenvalue weighted by atomic mass is 9.64. The molecular weight excluding hydrogens is 218 g/mol. The molecule has 1 amide bonds. The van der Waals surface area contributed by atoms with Gasteiger partial charge >= 0.3 is 6.09 Å². The average Bonchev–Trinajstić information content (AvgIpc) is 2.11. The predicted octanol–water partition coefficient (Wildman–Crippen LogP) is 2.37. The van der Waals surface area contributed by atoms with Gasteiger partial charge in [0.2, 0.25) is 0 Å². The normalized spacial score (nSPS) is 23.5. The number of amides is 1. The van der Waals surface area contributed by atoms with E-state index in [0.717, 1.165) is 12.8 Å². The SMILES string of the molecule is CC(C)(C)OC(=O)N1CC(=O)CC2(CCC2)C1. The number of piperidine rings is 1. The number of ketones is 1. The predicted molar refractivity (Wildman–Crippen MR) is 63.7 cm³/mol. The van der Waals surface area contributed by atoms with E-state index in [9.17, 15) is 9.59 Å². The van der Waals surface area contributed by atoms with Crippen molar-refractivity contribution < 1.29 is 14.3 Å². The maximum Gasteiger partial charge on any atom is 0.410 e. The summed E-state index contributed by atoms with van der Waals surface area (Å²) in [6, 6.07) is 0. The second kappa shape index (κ2) is 4.00. The Morgan fingerprint density at radius 3 is 2.47 bits per heavy atom. The highest BCUT2D eigenvalue weighted by Gasteiger charge is 2.45. The maximum absolute atomic E-state index is 11.9. The molecule has 0 N–H and O–H groups in total. The van der Waals surface area contributed by atoms with Gasteiger partial charge < -0.3 is 9.64 Å². The monoisotopic (exact) mass is 239 g/mol. The summed E-state index contributed by atoms with van der Waals surface area (Å²) >= 11 is 0. The van der Waals surface area contributed by atoms with Crippen molar-refractivity contribution >= 4 is 11.9 Å². The lowest BCUT2D eigenvalue weighted by Gasteiger charge is -2.47. The molecule has 2 rings (SSSR count). The molecule has 2 fully saturated rings. The van der Waals surface area contributed by atoms with Crippen LogP contribution in [0.3, 0.4) is 0 Å². The summed E-state index contributed by atoms with van der Waals surface area (Å²) in [5.74, 6) is 0.168. The minimum Gasteiger partial charge on any atom is -0.444 e. The van der Waals surface area contributed by atoms with Crippen LogP contribution >= 0.6 is 0 Å². The lowest BCUT2D eigenvalue weighted by Crippen LogP contribution is -2.53. The van der Waals surface area contributed by atoms with Gasteiger partial charge in [-0.05, 0) is 39.0 Å². The molecule has 0 aromatic heterocycles. The molecule has 0 aromatic rings. The molecule has 0 bridgehead atoms. The molecule has 1 saturated carbocycles. The molecule has 0 radical (unpaired) electrons. The highest BCUT2D eigenvalue weighted by Crippen LogP contribution is 2.46. The van der Waals surface area contributed by atoms with Gasteiger partial charge in [-0.15, -0.1) is 0 Å². The summed E-state index contributed by atoms with van der Waals surface area (Å²) in [6.07, 6.45) is 3.61. The third-order valence-corrected chi connectivity index (χ3v) is 3.53. The number of Topliss-reactive ketones (excluding diaryl/α,β-unsaturated/α-hetero) is 1. The van der Waals surface area contributed by atoms with Crippen molar-refractivity contribution in [2.45, 2.75) is 52.1 Å². The molecule has 0 unspecified atom stereocenters. The van der Waals surface area contributed by atoms with Gasteiger partial charge in [-0.3, -0.25) is 4.79 Å². The van der Waals surface area contributed by atoms with Crippen molar-refractivity contribution in [1.29, 1.82) is 0 Å². The molecule has 0 atom stereocenters. The number of carbonyl (C=O) groups excluding carboxylic acids is 2. The van der Waals surface area contributed by atoms with Crippen LogP contribution in [0.2, 0.25) is 0 Å². The second-order valence-electron chi connectivity index (χ2n) is 6.41. The van der Waals surface area contributed by atoms with Crippen LogP contribution in [0.4, 0.5) is 4.79 Å². The van der Waals surface area contributed by atoms with E-state index >= 15 is 0 Å². The first kappa shape index (κ1) is 12.4. The Bertz CT molecular complexity index is 339. The number of ether oxygens (including phenoxy) is 1. The highest BCUT2D eigenvalue weighted by molar-refractivity contribution is 5.86. The van der Waals surface area contributed by atoms with E-state index in [1.54, 1.807) is 4.90 Å². The van der Waals surface area contributed by atoms with E-state index in [-0.39, 0.29) is 23.8 Å². The summed E-state index contributed by atoms with van der Waals surface area (Å²) in [4.78, 5) is 25.2. The van der Waals surface area contributed by atoms with Crippen LogP contribution in [0, 0.1) is 5.41 Å². The number of hydrogen-bond donors (Lipinski definition) is 0. The quantitative estimate of drug-likeness (QED) is 0.652. The van der Waals surface area contributed by atoms with Crippen molar-refractivity contribution in [3.63, 3.8) is 0 Å². The van der Waals surface area contributed by atoms with Crippen LogP contribution in [-0.4, -0.2) is 35.5 Å². The molecule has 4 nitrogen and oxygen atoms in total. The van der Waals surface area contributed by atoms with Crippen LogP contribution in [0.25, 0.3) is 0 Å². The molecule has 17 heavy (non-hydrogen) atoms. The summed E-state index contributed by atoms with van der Waals surface area (Å²) in [5.41, 5.74) is -0.420. The summed E-state index contributed by atoms with van der Waals surface area (Å²) in [7, 11) is 0. The Labute approximate surface area is 102 Å². The fourth-order valence-corrected chi connectivity index (χ4v) is 2.67. The Kier molecular flexibility index (Phi) is 2.92. The number of nitrogens with zero attached hydrogens (tertiary/aromatic N) is 1.